The third-order valence-electron chi connectivity index (χ3n) is 4.55. The van der Waals surface area contributed by atoms with Crippen molar-refractivity contribution in [2.45, 2.75) is 32.1 Å². The molecule has 6 heteroatoms. The molecule has 0 unspecified atom stereocenters. The maximum Gasteiger partial charge on any atom is 0.317 e. The molecule has 3 heterocycles. The van der Waals surface area contributed by atoms with Gasteiger partial charge in [0.2, 0.25) is 0 Å². The molecule has 6 nitrogen and oxygen atoms in total. The quantitative estimate of drug-likeness (QED) is 0.909. The van der Waals surface area contributed by atoms with Crippen molar-refractivity contribution in [1.82, 2.24) is 25.4 Å². The van der Waals surface area contributed by atoms with Crippen molar-refractivity contribution in [2.75, 3.05) is 19.6 Å². The first kappa shape index (κ1) is 15.5. The SMILES string of the molecule is Cc1cnccc1CCNC(=O)N1CCC(c2ccn[nH]2)CC1. The van der Waals surface area contributed by atoms with Gasteiger partial charge in [0.1, 0.15) is 0 Å². The van der Waals surface area contributed by atoms with Crippen LogP contribution in [0.15, 0.2) is 30.7 Å². The molecular weight excluding hydrogens is 290 g/mol. The highest BCUT2D eigenvalue weighted by atomic mass is 16.2. The summed E-state index contributed by atoms with van der Waals surface area (Å²) in [6, 6.07) is 4.08. The molecule has 0 radical (unpaired) electrons. The number of aryl methyl sites for hydroxylation is 1. The Bertz CT molecular complexity index is 632. The molecule has 3 rings (SSSR count). The Kier molecular flexibility index (Phi) is 4.90. The zero-order chi connectivity index (χ0) is 16.1. The number of carbonyl (C=O) groups excluding carboxylic acids is 1. The van der Waals surface area contributed by atoms with Crippen LogP contribution in [0.4, 0.5) is 4.79 Å². The van der Waals surface area contributed by atoms with Crippen LogP contribution >= 0.6 is 0 Å². The lowest BCUT2D eigenvalue weighted by molar-refractivity contribution is 0.181. The number of piperidine rings is 1. The van der Waals surface area contributed by atoms with Gasteiger partial charge in [-0.2, -0.15) is 5.10 Å². The van der Waals surface area contributed by atoms with Crippen LogP contribution in [0.5, 0.6) is 0 Å². The zero-order valence-corrected chi connectivity index (χ0v) is 13.5. The molecular formula is C17H23N5O. The average molecular weight is 313 g/mol. The highest BCUT2D eigenvalue weighted by Crippen LogP contribution is 2.26. The number of urea groups is 1. The van der Waals surface area contributed by atoms with Crippen LogP contribution in [0.3, 0.4) is 0 Å². The van der Waals surface area contributed by atoms with Gasteiger partial charge < -0.3 is 10.2 Å². The molecule has 0 saturated carbocycles. The highest BCUT2D eigenvalue weighted by molar-refractivity contribution is 5.74. The van der Waals surface area contributed by atoms with Crippen LogP contribution in [0, 0.1) is 6.92 Å². The Labute approximate surface area is 136 Å². The van der Waals surface area contributed by atoms with E-state index in [9.17, 15) is 4.79 Å². The minimum Gasteiger partial charge on any atom is -0.338 e. The van der Waals surface area contributed by atoms with Crippen molar-refractivity contribution in [3.63, 3.8) is 0 Å². The van der Waals surface area contributed by atoms with Crippen molar-refractivity contribution in [2.24, 2.45) is 0 Å². The third-order valence-corrected chi connectivity index (χ3v) is 4.55. The number of carbonyl (C=O) groups is 1. The number of hydrogen-bond acceptors (Lipinski definition) is 3. The van der Waals surface area contributed by atoms with Crippen molar-refractivity contribution in [3.8, 4) is 0 Å². The second-order valence-corrected chi connectivity index (χ2v) is 6.06. The molecule has 1 fully saturated rings. The van der Waals surface area contributed by atoms with Gasteiger partial charge in [-0.1, -0.05) is 0 Å². The second kappa shape index (κ2) is 7.26. The van der Waals surface area contributed by atoms with E-state index in [4.69, 9.17) is 0 Å². The summed E-state index contributed by atoms with van der Waals surface area (Å²) in [4.78, 5) is 18.2. The molecule has 122 valence electrons. The van der Waals surface area contributed by atoms with Gasteiger partial charge in [-0.15, -0.1) is 0 Å². The second-order valence-electron chi connectivity index (χ2n) is 6.06. The zero-order valence-electron chi connectivity index (χ0n) is 13.5. The predicted molar refractivity (Wildman–Crippen MR) is 88.2 cm³/mol. The average Bonchev–Trinajstić information content (AvgIpc) is 3.11. The molecule has 0 spiro atoms. The van der Waals surface area contributed by atoms with Crippen molar-refractivity contribution >= 4 is 6.03 Å². The number of nitrogens with zero attached hydrogens (tertiary/aromatic N) is 3. The Hall–Kier alpha value is -2.37. The van der Waals surface area contributed by atoms with E-state index < -0.39 is 0 Å². The number of H-pyrrole nitrogens is 1. The lowest BCUT2D eigenvalue weighted by Gasteiger charge is -2.31. The van der Waals surface area contributed by atoms with Crippen molar-refractivity contribution in [1.29, 1.82) is 0 Å². The number of rotatable bonds is 4. The first-order valence-corrected chi connectivity index (χ1v) is 8.15. The summed E-state index contributed by atoms with van der Waals surface area (Å²) in [5.41, 5.74) is 3.58. The minimum atomic E-state index is 0.0415. The third kappa shape index (κ3) is 3.88. The summed E-state index contributed by atoms with van der Waals surface area (Å²) >= 11 is 0. The predicted octanol–water partition coefficient (Wildman–Crippen LogP) is 2.24. The summed E-state index contributed by atoms with van der Waals surface area (Å²) in [7, 11) is 0. The highest BCUT2D eigenvalue weighted by Gasteiger charge is 2.24. The van der Waals surface area contributed by atoms with Crippen LogP contribution in [-0.4, -0.2) is 45.7 Å². The maximum absolute atomic E-state index is 12.2. The lowest BCUT2D eigenvalue weighted by atomic mass is 9.94. The van der Waals surface area contributed by atoms with Crippen LogP contribution in [0.1, 0.15) is 35.6 Å². The fourth-order valence-electron chi connectivity index (χ4n) is 3.09. The van der Waals surface area contributed by atoms with E-state index in [1.54, 1.807) is 12.4 Å². The van der Waals surface area contributed by atoms with E-state index in [2.05, 4.69) is 20.5 Å². The van der Waals surface area contributed by atoms with Gasteiger partial charge >= 0.3 is 6.03 Å². The van der Waals surface area contributed by atoms with Gasteiger partial charge in [0.25, 0.3) is 0 Å². The first-order valence-electron chi connectivity index (χ1n) is 8.15. The smallest absolute Gasteiger partial charge is 0.317 e. The number of hydrogen-bond donors (Lipinski definition) is 2. The summed E-state index contributed by atoms with van der Waals surface area (Å²) in [6.45, 7) is 4.29. The van der Waals surface area contributed by atoms with Crippen molar-refractivity contribution < 1.29 is 4.79 Å². The van der Waals surface area contributed by atoms with Crippen molar-refractivity contribution in [3.05, 3.63) is 47.5 Å². The molecule has 2 aromatic heterocycles. The molecule has 1 aliphatic heterocycles. The van der Waals surface area contributed by atoms with E-state index >= 15 is 0 Å². The topological polar surface area (TPSA) is 73.9 Å². The fourth-order valence-corrected chi connectivity index (χ4v) is 3.09. The molecule has 0 aliphatic carbocycles. The van der Waals surface area contributed by atoms with Crippen LogP contribution in [0.25, 0.3) is 0 Å². The van der Waals surface area contributed by atoms with E-state index in [-0.39, 0.29) is 6.03 Å². The molecule has 0 aromatic carbocycles. The summed E-state index contributed by atoms with van der Waals surface area (Å²) in [6.07, 6.45) is 8.25. The molecule has 0 bridgehead atoms. The Morgan fingerprint density at radius 2 is 2.17 bits per heavy atom. The monoisotopic (exact) mass is 313 g/mol. The number of aromatic nitrogens is 3. The van der Waals surface area contributed by atoms with E-state index in [0.717, 1.165) is 32.4 Å². The van der Waals surface area contributed by atoms with Gasteiger partial charge in [0, 0.05) is 49.8 Å². The summed E-state index contributed by atoms with van der Waals surface area (Å²) in [5, 5.41) is 10.1. The lowest BCUT2D eigenvalue weighted by Crippen LogP contribution is -2.44. The fraction of sp³-hybridized carbons (Fsp3) is 0.471. The van der Waals surface area contributed by atoms with E-state index in [1.165, 1.54) is 16.8 Å². The molecule has 0 atom stereocenters. The van der Waals surface area contributed by atoms with Gasteiger partial charge in [-0.25, -0.2) is 4.79 Å². The van der Waals surface area contributed by atoms with Gasteiger partial charge in [0.05, 0.1) is 0 Å². The Morgan fingerprint density at radius 1 is 1.35 bits per heavy atom. The summed E-state index contributed by atoms with van der Waals surface area (Å²) < 4.78 is 0. The van der Waals surface area contributed by atoms with Gasteiger partial charge in [0.15, 0.2) is 0 Å². The Balaban J connectivity index is 1.42. The Morgan fingerprint density at radius 3 is 2.87 bits per heavy atom. The number of pyridine rings is 1. The van der Waals surface area contributed by atoms with Crippen LogP contribution in [0.2, 0.25) is 0 Å². The van der Waals surface area contributed by atoms with E-state index in [0.29, 0.717) is 12.5 Å². The normalized spacial score (nSPS) is 15.6. The standard InChI is InChI=1S/C17H23N5O/c1-13-12-18-7-2-14(13)3-8-19-17(23)22-10-5-15(6-11-22)16-4-9-20-21-16/h2,4,7,9,12,15H,3,5-6,8,10-11H2,1H3,(H,19,23)(H,20,21). The molecule has 2 amide bonds. The number of nitrogens with one attached hydrogen (secondary N) is 2. The molecule has 2 N–H and O–H groups in total. The number of aromatic amines is 1. The molecule has 2 aromatic rings. The largest absolute Gasteiger partial charge is 0.338 e. The molecule has 23 heavy (non-hydrogen) atoms. The molecule has 1 aliphatic rings. The molecule has 1 saturated heterocycles. The first-order chi connectivity index (χ1) is 11.2. The number of amides is 2. The van der Waals surface area contributed by atoms with Gasteiger partial charge in [-0.3, -0.25) is 10.1 Å². The van der Waals surface area contributed by atoms with E-state index in [1.807, 2.05) is 30.2 Å². The van der Waals surface area contributed by atoms with Crippen LogP contribution < -0.4 is 5.32 Å². The number of likely N-dealkylation sites (tertiary alicyclic amines) is 1. The van der Waals surface area contributed by atoms with Crippen LogP contribution in [-0.2, 0) is 6.42 Å². The van der Waals surface area contributed by atoms with Gasteiger partial charge in [-0.05, 0) is 49.4 Å². The summed E-state index contributed by atoms with van der Waals surface area (Å²) in [5.74, 6) is 0.487. The minimum absolute atomic E-state index is 0.0415. The maximum atomic E-state index is 12.2.